The van der Waals surface area contributed by atoms with Gasteiger partial charge in [0.2, 0.25) is 5.91 Å². The van der Waals surface area contributed by atoms with E-state index in [2.05, 4.69) is 43.0 Å². The third kappa shape index (κ3) is 8.23. The van der Waals surface area contributed by atoms with Crippen LogP contribution in [0.2, 0.25) is 0 Å². The number of allylic oxidation sites excluding steroid dienone is 2. The fourth-order valence-electron chi connectivity index (χ4n) is 13.5. The zero-order chi connectivity index (χ0) is 40.0. The molecule has 6 saturated carbocycles. The highest BCUT2D eigenvalue weighted by Gasteiger charge is 2.59. The summed E-state index contributed by atoms with van der Waals surface area (Å²) >= 11 is 0. The van der Waals surface area contributed by atoms with Gasteiger partial charge in [-0.05, 0) is 167 Å². The number of ketones is 1. The summed E-state index contributed by atoms with van der Waals surface area (Å²) in [4.78, 5) is 31.6. The first-order valence-electron chi connectivity index (χ1n) is 22.6. The number of carbonyl (C=O) groups is 2. The Labute approximate surface area is 342 Å². The summed E-state index contributed by atoms with van der Waals surface area (Å²) in [5, 5.41) is 24.5. The zero-order valence-electron chi connectivity index (χ0n) is 35.3. The SMILES string of the molecule is COc1ccc(CC(=O)N(CC23CC4CC(CC(C4)C2)C3)C[C@]2(O)CC[C@H]3c4ccc(cc4C(=O)C4CCCCC4)C[C@@H](O)CCC(C)=CCC[C@@]32C)cc1OC. The number of Topliss-reactive ketones (excluding diaryl/α,β-unsaturated/α-hetero) is 1. The van der Waals surface area contributed by atoms with Crippen molar-refractivity contribution in [2.75, 3.05) is 27.3 Å². The van der Waals surface area contributed by atoms with E-state index in [1.54, 1.807) is 14.2 Å². The average Bonchev–Trinajstić information content (AvgIpc) is 3.44. The second-order valence-electron chi connectivity index (χ2n) is 20.2. The van der Waals surface area contributed by atoms with Crippen LogP contribution in [0.3, 0.4) is 0 Å². The van der Waals surface area contributed by atoms with Gasteiger partial charge in [0.15, 0.2) is 17.3 Å². The third-order valence-corrected chi connectivity index (χ3v) is 16.2. The number of fused-ring (bicyclic) bond motifs is 8. The van der Waals surface area contributed by atoms with Gasteiger partial charge in [0.25, 0.3) is 0 Å². The maximum absolute atomic E-state index is 14.9. The molecule has 0 aromatic heterocycles. The molecule has 7 heteroatoms. The summed E-state index contributed by atoms with van der Waals surface area (Å²) in [7, 11) is 3.26. The molecule has 7 nitrogen and oxygen atoms in total. The van der Waals surface area contributed by atoms with Crippen molar-refractivity contribution in [3.05, 3.63) is 70.3 Å². The normalized spacial score (nSPS) is 34.0. The van der Waals surface area contributed by atoms with Crippen LogP contribution >= 0.6 is 0 Å². The Balaban J connectivity index is 1.16. The molecule has 10 rings (SSSR count). The zero-order valence-corrected chi connectivity index (χ0v) is 35.3. The van der Waals surface area contributed by atoms with Gasteiger partial charge < -0.3 is 24.6 Å². The Hall–Kier alpha value is -3.16. The van der Waals surface area contributed by atoms with Gasteiger partial charge in [-0.3, -0.25) is 9.59 Å². The molecule has 4 atom stereocenters. The van der Waals surface area contributed by atoms with E-state index in [1.807, 2.05) is 18.2 Å². The van der Waals surface area contributed by atoms with Gasteiger partial charge in [-0.1, -0.05) is 56.0 Å². The highest BCUT2D eigenvalue weighted by atomic mass is 16.5. The van der Waals surface area contributed by atoms with Crippen LogP contribution in [0, 0.1) is 34.5 Å². The van der Waals surface area contributed by atoms with Gasteiger partial charge in [0, 0.05) is 30.0 Å². The monoisotopic (exact) mass is 780 g/mol. The lowest BCUT2D eigenvalue weighted by atomic mass is 9.49. The Morgan fingerprint density at radius 3 is 2.23 bits per heavy atom. The van der Waals surface area contributed by atoms with Crippen LogP contribution in [0.1, 0.15) is 156 Å². The number of benzene rings is 2. The van der Waals surface area contributed by atoms with Crippen molar-refractivity contribution >= 4 is 11.7 Å². The van der Waals surface area contributed by atoms with Gasteiger partial charge in [-0.15, -0.1) is 0 Å². The van der Waals surface area contributed by atoms with Crippen LogP contribution in [0.4, 0.5) is 0 Å². The van der Waals surface area contributed by atoms with E-state index in [1.165, 1.54) is 50.5 Å². The molecule has 0 heterocycles. The summed E-state index contributed by atoms with van der Waals surface area (Å²) in [5.74, 6) is 3.82. The molecule has 2 aromatic rings. The number of aliphatic hydroxyl groups is 2. The average molecular weight is 780 g/mol. The van der Waals surface area contributed by atoms with Crippen LogP contribution in [-0.2, 0) is 17.6 Å². The number of carbonyl (C=O) groups excluding carboxylic acids is 2. The van der Waals surface area contributed by atoms with Crippen LogP contribution in [0.15, 0.2) is 48.0 Å². The molecule has 0 radical (unpaired) electrons. The van der Waals surface area contributed by atoms with Gasteiger partial charge in [-0.2, -0.15) is 0 Å². The number of nitrogens with zero attached hydrogens (tertiary/aromatic N) is 1. The molecule has 6 bridgehead atoms. The Morgan fingerprint density at radius 1 is 0.842 bits per heavy atom. The topological polar surface area (TPSA) is 96.3 Å². The number of hydrogen-bond donors (Lipinski definition) is 2. The van der Waals surface area contributed by atoms with E-state index in [0.717, 1.165) is 91.4 Å². The van der Waals surface area contributed by atoms with Crippen molar-refractivity contribution < 1.29 is 29.3 Å². The van der Waals surface area contributed by atoms with Crippen molar-refractivity contribution in [1.82, 2.24) is 4.90 Å². The number of amides is 1. The second-order valence-corrected chi connectivity index (χ2v) is 20.2. The molecule has 2 N–H and O–H groups in total. The van der Waals surface area contributed by atoms with Gasteiger partial charge in [0.05, 0.1) is 32.3 Å². The third-order valence-electron chi connectivity index (χ3n) is 16.2. The van der Waals surface area contributed by atoms with E-state index in [4.69, 9.17) is 9.47 Å². The number of rotatable bonds is 10. The number of aliphatic hydroxyl groups excluding tert-OH is 1. The minimum Gasteiger partial charge on any atom is -0.493 e. The van der Waals surface area contributed by atoms with E-state index in [9.17, 15) is 19.8 Å². The Kier molecular flexibility index (Phi) is 11.7. The maximum Gasteiger partial charge on any atom is 0.227 e. The molecular weight excluding hydrogens is 711 g/mol. The van der Waals surface area contributed by atoms with Crippen molar-refractivity contribution in [3.8, 4) is 11.5 Å². The molecule has 0 aliphatic heterocycles. The molecule has 6 fully saturated rings. The molecule has 8 aliphatic carbocycles. The van der Waals surface area contributed by atoms with E-state index < -0.39 is 17.1 Å². The van der Waals surface area contributed by atoms with Gasteiger partial charge in [-0.25, -0.2) is 0 Å². The van der Waals surface area contributed by atoms with Gasteiger partial charge >= 0.3 is 0 Å². The van der Waals surface area contributed by atoms with Crippen molar-refractivity contribution in [1.29, 1.82) is 0 Å². The molecular formula is C50H69NO6. The lowest BCUT2D eigenvalue weighted by Gasteiger charge is -2.58. The standard InChI is InChI=1S/C50H69NO6/c1-33-9-8-19-48(2)43(41-16-13-34(24-40(52)15-12-33)25-42(41)47(54)39-10-6-5-7-11-39)18-20-50(48,55)32-51(31-49-28-36-21-37(29-49)23-38(22-36)30-49)46(53)27-35-14-17-44(56-3)45(26-35)57-4/h9,13-14,16-17,25-26,36-40,43,52,55H,5-8,10-12,15,18-24,27-32H2,1-4H3/t36?,37?,38?,40-,43-,48-,49?,50+/m0/s1. The quantitative estimate of drug-likeness (QED) is 0.184. The summed E-state index contributed by atoms with van der Waals surface area (Å²) in [5.41, 5.74) is 3.41. The number of ether oxygens (including phenoxy) is 2. The predicted molar refractivity (Wildman–Crippen MR) is 225 cm³/mol. The first-order valence-corrected chi connectivity index (χ1v) is 22.6. The van der Waals surface area contributed by atoms with Crippen molar-refractivity contribution in [2.24, 2.45) is 34.5 Å². The van der Waals surface area contributed by atoms with Gasteiger partial charge in [0.1, 0.15) is 0 Å². The molecule has 2 aromatic carbocycles. The number of hydrogen-bond acceptors (Lipinski definition) is 6. The Bertz CT molecular complexity index is 1790. The fraction of sp³-hybridized carbons (Fsp3) is 0.680. The van der Waals surface area contributed by atoms with E-state index in [0.29, 0.717) is 43.9 Å². The summed E-state index contributed by atoms with van der Waals surface area (Å²) in [6, 6.07) is 12.2. The molecule has 0 unspecified atom stereocenters. The Morgan fingerprint density at radius 2 is 1.54 bits per heavy atom. The molecule has 310 valence electrons. The molecule has 57 heavy (non-hydrogen) atoms. The smallest absolute Gasteiger partial charge is 0.227 e. The highest BCUT2D eigenvalue weighted by molar-refractivity contribution is 5.99. The maximum atomic E-state index is 14.9. The largest absolute Gasteiger partial charge is 0.493 e. The van der Waals surface area contributed by atoms with Crippen LogP contribution < -0.4 is 9.47 Å². The summed E-state index contributed by atoms with van der Waals surface area (Å²) < 4.78 is 11.2. The highest BCUT2D eigenvalue weighted by Crippen LogP contribution is 2.62. The van der Waals surface area contributed by atoms with Crippen LogP contribution in [0.25, 0.3) is 0 Å². The van der Waals surface area contributed by atoms with Crippen molar-refractivity contribution in [3.63, 3.8) is 0 Å². The lowest BCUT2D eigenvalue weighted by Crippen LogP contribution is -2.58. The van der Waals surface area contributed by atoms with E-state index >= 15 is 0 Å². The first-order chi connectivity index (χ1) is 27.4. The van der Waals surface area contributed by atoms with Crippen LogP contribution in [-0.4, -0.2) is 65.8 Å². The molecule has 0 saturated heterocycles. The predicted octanol–water partition coefficient (Wildman–Crippen LogP) is 9.79. The van der Waals surface area contributed by atoms with Crippen LogP contribution in [0.5, 0.6) is 11.5 Å². The minimum absolute atomic E-state index is 0.0265. The fourth-order valence-corrected chi connectivity index (χ4v) is 13.5. The van der Waals surface area contributed by atoms with E-state index in [-0.39, 0.29) is 35.4 Å². The summed E-state index contributed by atoms with van der Waals surface area (Å²) in [6.07, 6.45) is 19.8. The molecule has 0 spiro atoms. The first kappa shape index (κ1) is 40.6. The summed E-state index contributed by atoms with van der Waals surface area (Å²) in [6.45, 7) is 5.43. The number of methoxy groups -OCH3 is 2. The second kappa shape index (κ2) is 16.5. The lowest BCUT2D eigenvalue weighted by molar-refractivity contribution is -0.148. The molecule has 8 aliphatic rings. The van der Waals surface area contributed by atoms with Crippen molar-refractivity contribution in [2.45, 2.75) is 153 Å². The molecule has 1 amide bonds. The minimum atomic E-state index is -1.15.